The van der Waals surface area contributed by atoms with E-state index in [1.807, 2.05) is 13.0 Å². The average molecular weight is 342 g/mol. The predicted molar refractivity (Wildman–Crippen MR) is 96.8 cm³/mol. The van der Waals surface area contributed by atoms with Crippen molar-refractivity contribution in [3.63, 3.8) is 0 Å². The molecule has 0 amide bonds. The third-order valence-electron chi connectivity index (χ3n) is 7.87. The normalized spacial score (nSPS) is 45.2. The average Bonchev–Trinajstić information content (AvgIpc) is 2.91. The summed E-state index contributed by atoms with van der Waals surface area (Å²) in [6, 6.07) is 0. The van der Waals surface area contributed by atoms with Gasteiger partial charge in [-0.3, -0.25) is 9.59 Å². The van der Waals surface area contributed by atoms with Crippen molar-refractivity contribution < 1.29 is 14.3 Å². The number of hydrogen-bond acceptors (Lipinski definition) is 3. The van der Waals surface area contributed by atoms with Crippen LogP contribution in [-0.4, -0.2) is 17.9 Å². The molecule has 4 aliphatic rings. The van der Waals surface area contributed by atoms with E-state index in [0.717, 1.165) is 19.3 Å². The van der Waals surface area contributed by atoms with Gasteiger partial charge >= 0.3 is 5.97 Å². The number of allylic oxidation sites excluding steroid dienone is 4. The van der Waals surface area contributed by atoms with Crippen LogP contribution < -0.4 is 0 Å². The van der Waals surface area contributed by atoms with Gasteiger partial charge in [0.15, 0.2) is 5.78 Å². The Morgan fingerprint density at radius 1 is 1.28 bits per heavy atom. The van der Waals surface area contributed by atoms with E-state index in [1.54, 1.807) is 6.08 Å². The lowest BCUT2D eigenvalue weighted by molar-refractivity contribution is -0.148. The second kappa shape index (κ2) is 5.82. The summed E-state index contributed by atoms with van der Waals surface area (Å²) in [5.41, 5.74) is 1.71. The van der Waals surface area contributed by atoms with Crippen LogP contribution in [0, 0.1) is 28.6 Å². The predicted octanol–water partition coefficient (Wildman–Crippen LogP) is 4.62. The molecule has 0 aromatic heterocycles. The van der Waals surface area contributed by atoms with Crippen LogP contribution in [0.2, 0.25) is 0 Å². The maximum Gasteiger partial charge on any atom is 0.305 e. The SMILES string of the molecule is CCC(=O)O[C@H]1C[C@H]2[C@@H]3CCC4=CC(=O)C=C[C@]4(C)[C@H]3CC[C@]2(C)C1. The van der Waals surface area contributed by atoms with E-state index in [4.69, 9.17) is 4.74 Å². The maximum absolute atomic E-state index is 11.8. The maximum atomic E-state index is 11.8. The Morgan fingerprint density at radius 2 is 2.08 bits per heavy atom. The summed E-state index contributed by atoms with van der Waals surface area (Å²) in [7, 11) is 0. The van der Waals surface area contributed by atoms with Crippen molar-refractivity contribution in [2.75, 3.05) is 0 Å². The van der Waals surface area contributed by atoms with E-state index >= 15 is 0 Å². The number of esters is 1. The van der Waals surface area contributed by atoms with Crippen LogP contribution in [0.25, 0.3) is 0 Å². The van der Waals surface area contributed by atoms with Gasteiger partial charge in [-0.1, -0.05) is 32.4 Å². The van der Waals surface area contributed by atoms with Gasteiger partial charge < -0.3 is 4.74 Å². The monoisotopic (exact) mass is 342 g/mol. The molecule has 0 heterocycles. The largest absolute Gasteiger partial charge is 0.462 e. The van der Waals surface area contributed by atoms with Gasteiger partial charge in [0.25, 0.3) is 0 Å². The summed E-state index contributed by atoms with van der Waals surface area (Å²) in [5, 5.41) is 0. The smallest absolute Gasteiger partial charge is 0.305 e. The molecule has 3 nitrogen and oxygen atoms in total. The first-order valence-corrected chi connectivity index (χ1v) is 9.99. The van der Waals surface area contributed by atoms with E-state index in [9.17, 15) is 9.59 Å². The molecule has 0 bridgehead atoms. The molecular formula is C22H30O3. The molecule has 136 valence electrons. The van der Waals surface area contributed by atoms with Crippen LogP contribution in [0.3, 0.4) is 0 Å². The van der Waals surface area contributed by atoms with Gasteiger partial charge in [-0.15, -0.1) is 0 Å². The highest BCUT2D eigenvalue weighted by atomic mass is 16.5. The summed E-state index contributed by atoms with van der Waals surface area (Å²) in [6.45, 7) is 6.63. The van der Waals surface area contributed by atoms with Gasteiger partial charge in [0, 0.05) is 11.8 Å². The summed E-state index contributed by atoms with van der Waals surface area (Å²) < 4.78 is 5.73. The fraction of sp³-hybridized carbons (Fsp3) is 0.727. The highest BCUT2D eigenvalue weighted by molar-refractivity contribution is 6.01. The molecule has 4 aliphatic carbocycles. The van der Waals surface area contributed by atoms with Crippen LogP contribution in [0.4, 0.5) is 0 Å². The minimum Gasteiger partial charge on any atom is -0.462 e. The van der Waals surface area contributed by atoms with Gasteiger partial charge in [-0.25, -0.2) is 0 Å². The van der Waals surface area contributed by atoms with Crippen molar-refractivity contribution in [3.8, 4) is 0 Å². The number of ether oxygens (including phenoxy) is 1. The van der Waals surface area contributed by atoms with Gasteiger partial charge in [-0.05, 0) is 73.8 Å². The molecule has 25 heavy (non-hydrogen) atoms. The molecule has 0 aliphatic heterocycles. The van der Waals surface area contributed by atoms with E-state index in [1.165, 1.54) is 24.8 Å². The minimum absolute atomic E-state index is 0.0519. The molecule has 0 radical (unpaired) electrons. The van der Waals surface area contributed by atoms with Crippen LogP contribution >= 0.6 is 0 Å². The highest BCUT2D eigenvalue weighted by Crippen LogP contribution is 2.64. The van der Waals surface area contributed by atoms with E-state index in [2.05, 4.69) is 19.9 Å². The Morgan fingerprint density at radius 3 is 2.84 bits per heavy atom. The summed E-state index contributed by atoms with van der Waals surface area (Å²) in [6.07, 6.45) is 13.1. The molecular weight excluding hydrogens is 312 g/mol. The Hall–Kier alpha value is -1.38. The zero-order chi connectivity index (χ0) is 17.8. The second-order valence-corrected chi connectivity index (χ2v) is 9.20. The van der Waals surface area contributed by atoms with E-state index in [-0.39, 0.29) is 23.3 Å². The van der Waals surface area contributed by atoms with Crippen molar-refractivity contribution in [1.82, 2.24) is 0 Å². The highest BCUT2D eigenvalue weighted by Gasteiger charge is 2.57. The number of fused-ring (bicyclic) bond motifs is 5. The summed E-state index contributed by atoms with van der Waals surface area (Å²) >= 11 is 0. The van der Waals surface area contributed by atoms with Gasteiger partial charge in [0.1, 0.15) is 6.10 Å². The number of carbonyl (C=O) groups excluding carboxylic acids is 2. The minimum atomic E-state index is -0.0571. The molecule has 0 unspecified atom stereocenters. The topological polar surface area (TPSA) is 43.4 Å². The van der Waals surface area contributed by atoms with Gasteiger partial charge in [0.05, 0.1) is 0 Å². The van der Waals surface area contributed by atoms with Crippen LogP contribution in [0.5, 0.6) is 0 Å². The first-order valence-electron chi connectivity index (χ1n) is 9.99. The molecule has 4 rings (SSSR count). The Kier molecular flexibility index (Phi) is 3.97. The number of rotatable bonds is 2. The zero-order valence-corrected chi connectivity index (χ0v) is 15.7. The lowest BCUT2D eigenvalue weighted by Crippen LogP contribution is -2.48. The molecule has 3 heteroatoms. The first kappa shape index (κ1) is 17.1. The molecule has 0 aromatic carbocycles. The molecule has 3 fully saturated rings. The van der Waals surface area contributed by atoms with Crippen molar-refractivity contribution in [3.05, 3.63) is 23.8 Å². The van der Waals surface area contributed by atoms with E-state index < -0.39 is 0 Å². The van der Waals surface area contributed by atoms with Crippen LogP contribution in [-0.2, 0) is 14.3 Å². The van der Waals surface area contributed by atoms with Crippen molar-refractivity contribution in [2.45, 2.75) is 71.8 Å². The van der Waals surface area contributed by atoms with Crippen LogP contribution in [0.15, 0.2) is 23.8 Å². The third-order valence-corrected chi connectivity index (χ3v) is 7.87. The lowest BCUT2D eigenvalue weighted by atomic mass is 9.48. The standard InChI is InChI=1S/C22H30O3/c1-4-20(24)25-16-12-19-17-6-5-14-11-15(23)7-10-22(14,3)18(17)8-9-21(19,2)13-16/h7,10-11,16-19H,4-6,8-9,12-13H2,1-3H3/t16-,17+,18-,19-,21+,22-/m0/s1. The molecule has 0 aromatic rings. The van der Waals surface area contributed by atoms with Gasteiger partial charge in [-0.2, -0.15) is 0 Å². The Bertz CT molecular complexity index is 660. The number of ketones is 1. The Balaban J connectivity index is 1.58. The van der Waals surface area contributed by atoms with Crippen LogP contribution in [0.1, 0.15) is 65.7 Å². The second-order valence-electron chi connectivity index (χ2n) is 9.20. The van der Waals surface area contributed by atoms with Crippen molar-refractivity contribution in [2.24, 2.45) is 28.6 Å². The molecule has 0 spiro atoms. The van der Waals surface area contributed by atoms with Crippen molar-refractivity contribution in [1.29, 1.82) is 0 Å². The zero-order valence-electron chi connectivity index (χ0n) is 15.7. The summed E-state index contributed by atoms with van der Waals surface area (Å²) in [5.74, 6) is 2.04. The lowest BCUT2D eigenvalue weighted by Gasteiger charge is -2.56. The Labute approximate surface area is 150 Å². The number of hydrogen-bond donors (Lipinski definition) is 0. The molecule has 6 atom stereocenters. The third kappa shape index (κ3) is 2.62. The quantitative estimate of drug-likeness (QED) is 0.688. The molecule has 3 saturated carbocycles. The van der Waals surface area contributed by atoms with Crippen molar-refractivity contribution >= 4 is 11.8 Å². The number of carbonyl (C=O) groups is 2. The molecule has 0 N–H and O–H groups in total. The fourth-order valence-corrected chi connectivity index (χ4v) is 6.55. The van der Waals surface area contributed by atoms with Gasteiger partial charge in [0.2, 0.25) is 0 Å². The fourth-order valence-electron chi connectivity index (χ4n) is 6.55. The first-order chi connectivity index (χ1) is 11.9. The van der Waals surface area contributed by atoms with E-state index in [0.29, 0.717) is 29.6 Å². The summed E-state index contributed by atoms with van der Waals surface area (Å²) in [4.78, 5) is 23.6. The molecule has 0 saturated heterocycles.